The molecule has 66 heteroatoms. The lowest BCUT2D eigenvalue weighted by Crippen LogP contribution is -2.71. The van der Waals surface area contributed by atoms with Gasteiger partial charge in [-0.05, 0) is 0 Å². The van der Waals surface area contributed by atoms with Gasteiger partial charge in [0.2, 0.25) is 0 Å². The van der Waals surface area contributed by atoms with Crippen molar-refractivity contribution in [1.29, 1.82) is 0 Å². The average Bonchev–Trinajstić information content (AvgIpc) is 0.614. The zero-order valence-corrected chi connectivity index (χ0v) is 70.3. The van der Waals surface area contributed by atoms with Gasteiger partial charge in [0.15, 0.2) is 50.3 Å². The molecule has 0 aromatic rings. The number of phosphoric acid groups is 2. The maximum absolute atomic E-state index is 13.5. The van der Waals surface area contributed by atoms with Gasteiger partial charge in [-0.1, -0.05) is 0 Å². The quantitative estimate of drug-likeness (QED) is 0.0254. The average molecular weight is 2010 g/mol. The van der Waals surface area contributed by atoms with E-state index in [2.05, 4.69) is 0 Å². The lowest BCUT2D eigenvalue weighted by Gasteiger charge is -2.52. The zero-order valence-electron chi connectivity index (χ0n) is 68.5. The summed E-state index contributed by atoms with van der Waals surface area (Å²) in [5, 5.41) is 388. The lowest BCUT2D eigenvalue weighted by atomic mass is 9.89. The van der Waals surface area contributed by atoms with Crippen molar-refractivity contribution in [2.75, 3.05) is 66.1 Å². The Morgan fingerprint density at radius 3 is 1.08 bits per heavy atom. The molecule has 0 aliphatic carbocycles. The van der Waals surface area contributed by atoms with Gasteiger partial charge in [0.05, 0.1) is 78.3 Å². The van der Waals surface area contributed by atoms with Crippen LogP contribution in [0.15, 0.2) is 0 Å². The van der Waals surface area contributed by atoms with E-state index in [0.29, 0.717) is 0 Å². The van der Waals surface area contributed by atoms with Crippen LogP contribution in [-0.4, -0.2) is 601 Å². The third-order valence-corrected chi connectivity index (χ3v) is 24.6. The third-order valence-electron chi connectivity index (χ3n) is 23.5. The molecular formula is C67H114O64P2. The Hall–Kier alpha value is -2.92. The zero-order chi connectivity index (χ0) is 98.9. The Balaban J connectivity index is 1.09. The molecule has 776 valence electrons. The van der Waals surface area contributed by atoms with Crippen LogP contribution >= 0.6 is 15.6 Å². The van der Waals surface area contributed by atoms with E-state index in [1.54, 1.807) is 0 Å². The molecule has 10 aliphatic heterocycles. The predicted molar refractivity (Wildman–Crippen MR) is 392 cm³/mol. The lowest BCUT2D eigenvalue weighted by molar-refractivity contribution is -0.419. The van der Waals surface area contributed by atoms with E-state index >= 15 is 0 Å². The number of aliphatic hydroxyl groups is 33. The largest absolute Gasteiger partial charge is 0.477 e. The first-order valence-electron chi connectivity index (χ1n) is 40.6. The first-order chi connectivity index (χ1) is 62.3. The van der Waals surface area contributed by atoms with Gasteiger partial charge in [0.25, 0.3) is 11.6 Å². The summed E-state index contributed by atoms with van der Waals surface area (Å²) in [7, 11) is -12.8. The number of ether oxygens (including phenoxy) is 19. The number of carbonyl (C=O) groups is 2. The number of rotatable bonds is 39. The number of hydrogen-bond acceptors (Lipinski definition) is 58. The summed E-state index contributed by atoms with van der Waals surface area (Å²) in [6, 6.07) is 0. The number of aliphatic carboxylic acids is 2. The summed E-state index contributed by atoms with van der Waals surface area (Å²) in [6.45, 7) is -14.2. The minimum atomic E-state index is -6.46. The van der Waals surface area contributed by atoms with E-state index < -0.39 is 431 Å². The highest BCUT2D eigenvalue weighted by atomic mass is 31.2. The van der Waals surface area contributed by atoms with Crippen LogP contribution in [0.3, 0.4) is 0 Å². The molecule has 64 nitrogen and oxygen atoms in total. The highest BCUT2D eigenvalue weighted by Gasteiger charge is 2.67. The van der Waals surface area contributed by atoms with E-state index in [-0.39, 0.29) is 0 Å². The molecule has 0 bridgehead atoms. The molecule has 133 heavy (non-hydrogen) atoms. The highest BCUT2D eigenvalue weighted by molar-refractivity contribution is 7.46. The van der Waals surface area contributed by atoms with E-state index in [1.807, 2.05) is 0 Å². The minimum absolute atomic E-state index is 1.13. The molecule has 0 aromatic carbocycles. The van der Waals surface area contributed by atoms with Crippen LogP contribution in [0.1, 0.15) is 12.8 Å². The van der Waals surface area contributed by atoms with Crippen LogP contribution in [0.2, 0.25) is 0 Å². The van der Waals surface area contributed by atoms with Crippen molar-refractivity contribution < 1.29 is 316 Å². The standard InChI is InChI=1S/C67H114O64P2/c68-3-14(78)42-35(93)33(91)36(94)56(117-42)111-12-18(82)45-54(131-133(108,109)110)51(41(99)61(119-45)124-50-40(98)60(118-44(16(80)5-70)53(50)130-132(105,106)107)120-47-19(2-66(104,64(100)101)128-46(47)17(81)6-71)127-67(65(102)103)1-13(77)25(83)43(129-67)15(79)4-69)123-59-39(97)48(29(87)23(10-75)114-59)121-63-55(49(30(88)24(11-76)116-63)122-57-37(95)31(89)26(84)20(7-72)112-57)126-62-52(34(92)28(86)22(9-74)115-62)125-58-38(96)32(90)27(85)21(8-73)113-58/h13-63,68-99,104H,1-12H2,(H,100,101)(H,102,103)(H2,105,106,107)(H2,108,109,110)/t13-,14+,15-,16+,17-,18-,19-,20-,21-,22-,23-,24-,25-,26-,27+,28+,29-,30-,31+,32+,33+,34+,35+,36+,37-,38-,39-,40+,41+,42-,43-,44-,45-,46-,47-,48+,49+,50-,51-,52-,53-,54-,55-,56+,57+,58-,59-,60-,61+,62-,63-,66-,67-/m1/s1. The highest BCUT2D eigenvalue weighted by Crippen LogP contribution is 2.50. The normalized spacial score (nSPS) is 48.2. The summed E-state index contributed by atoms with van der Waals surface area (Å²) in [5.74, 6) is -12.2. The SMILES string of the molecule is O=C(O)[C@@]1(O[C@@H]2C[C@](O)(C(=O)O)O[C@H]([C@H](O)CO)[C@@H]2O[C@H]2O[C@H]([C@@H](O)CO)[C@@H](OP(=O)(O)O)[C@H](O[C@@H]3O[C@H]([C@H](O)CO[C@H]4O[C@H]([C@@H](O)CO)[C@@H](O)[C@H](O)[C@@H]4O)[C@@H](OP(=O)(O)O)[C@H](O[C@H]4O[C@H](CO)[C@@H](O)[C@H](O[C@H]5O[C@H](CO)[C@@H](O)[C@H](O[C@@H]6O[C@H](CO)[C@@H](O)[C@H](O)[C@H]6O)[C@H]5O[C@H]5O[C@H](CO)[C@H](O)[C@H](O)[C@H]5O[C@H]5O[C@H](CO)[C@H](O)[C@H](O)[C@H]5O)[C@H]4O)[C@@H]3O)[C@@H]2O)C[C@@H](O)[C@@H](O)[C@@H]([C@H](O)CO)O1. The van der Waals surface area contributed by atoms with E-state index in [9.17, 15) is 217 Å². The predicted octanol–water partition coefficient (Wildman–Crippen LogP) is -24.8. The number of aliphatic hydroxyl groups excluding tert-OH is 32. The van der Waals surface area contributed by atoms with Crippen LogP contribution in [0.25, 0.3) is 0 Å². The van der Waals surface area contributed by atoms with Crippen LogP contribution in [-0.2, 0) is 118 Å². The molecule has 0 unspecified atom stereocenters. The first-order valence-corrected chi connectivity index (χ1v) is 43.6. The number of phosphoric ester groups is 2. The van der Waals surface area contributed by atoms with Gasteiger partial charge >= 0.3 is 27.6 Å². The number of carboxylic acids is 2. The van der Waals surface area contributed by atoms with Gasteiger partial charge in [-0.3, -0.25) is 9.05 Å². The van der Waals surface area contributed by atoms with Gasteiger partial charge in [-0.25, -0.2) is 18.7 Å². The number of carboxylic acid groups (broad SMARTS) is 2. The fraction of sp³-hybridized carbons (Fsp3) is 0.970. The van der Waals surface area contributed by atoms with Crippen LogP contribution in [0, 0.1) is 0 Å². The van der Waals surface area contributed by atoms with Crippen LogP contribution < -0.4 is 0 Å². The van der Waals surface area contributed by atoms with Gasteiger partial charge in [-0.2, -0.15) is 0 Å². The van der Waals surface area contributed by atoms with Crippen molar-refractivity contribution in [3.8, 4) is 0 Å². The van der Waals surface area contributed by atoms with Crippen molar-refractivity contribution in [1.82, 2.24) is 0 Å². The Labute approximate surface area is 745 Å². The van der Waals surface area contributed by atoms with Gasteiger partial charge < -0.3 is 288 Å². The molecule has 10 fully saturated rings. The molecule has 0 aromatic heterocycles. The monoisotopic (exact) mass is 2000 g/mol. The van der Waals surface area contributed by atoms with E-state index in [1.165, 1.54) is 0 Å². The van der Waals surface area contributed by atoms with Crippen LogP contribution in [0.5, 0.6) is 0 Å². The molecule has 0 amide bonds. The Bertz CT molecular complexity index is 3720. The fourth-order valence-corrected chi connectivity index (χ4v) is 17.5. The second-order valence-electron chi connectivity index (χ2n) is 32.5. The molecule has 10 saturated heterocycles. The summed E-state index contributed by atoms with van der Waals surface area (Å²) in [5.41, 5.74) is 0. The maximum Gasteiger partial charge on any atom is 0.470 e. The summed E-state index contributed by atoms with van der Waals surface area (Å²) in [4.78, 5) is 68.9. The smallest absolute Gasteiger partial charge is 0.470 e. The summed E-state index contributed by atoms with van der Waals surface area (Å²) in [6.07, 6.45) is -135. The Morgan fingerprint density at radius 2 is 0.639 bits per heavy atom. The van der Waals surface area contributed by atoms with Crippen molar-refractivity contribution in [2.45, 2.75) is 337 Å². The van der Waals surface area contributed by atoms with Crippen molar-refractivity contribution in [3.05, 3.63) is 0 Å². The second-order valence-corrected chi connectivity index (χ2v) is 34.9. The summed E-state index contributed by atoms with van der Waals surface area (Å²) >= 11 is 0. The third kappa shape index (κ3) is 24.6. The van der Waals surface area contributed by atoms with Crippen molar-refractivity contribution in [3.63, 3.8) is 0 Å². The molecule has 0 saturated carbocycles. The van der Waals surface area contributed by atoms with E-state index in [0.717, 1.165) is 0 Å². The molecule has 10 heterocycles. The Morgan fingerprint density at radius 1 is 0.308 bits per heavy atom. The first kappa shape index (κ1) is 112. The molecular weight excluding hydrogens is 1890 g/mol. The minimum Gasteiger partial charge on any atom is -0.477 e. The second kappa shape index (κ2) is 46.6. The molecule has 10 rings (SSSR count). The Kier molecular flexibility index (Phi) is 39.3. The topological polar surface area (TPSA) is 1050 Å². The van der Waals surface area contributed by atoms with Crippen molar-refractivity contribution in [2.24, 2.45) is 0 Å². The fourth-order valence-electron chi connectivity index (χ4n) is 16.4. The molecule has 53 atom stereocenters. The molecule has 0 radical (unpaired) electrons. The molecule has 10 aliphatic rings. The molecule has 39 N–H and O–H groups in total. The maximum atomic E-state index is 13.5. The molecule has 0 spiro atoms. The van der Waals surface area contributed by atoms with Crippen LogP contribution in [0.4, 0.5) is 0 Å². The summed E-state index contributed by atoms with van der Waals surface area (Å²) < 4.78 is 146. The van der Waals surface area contributed by atoms with Gasteiger partial charge in [-0.15, -0.1) is 0 Å². The van der Waals surface area contributed by atoms with Crippen molar-refractivity contribution >= 4 is 27.6 Å². The van der Waals surface area contributed by atoms with E-state index in [4.69, 9.17) is 99.0 Å². The van der Waals surface area contributed by atoms with Gasteiger partial charge in [0, 0.05) is 12.8 Å². The number of hydrogen-bond donors (Lipinski definition) is 39. The van der Waals surface area contributed by atoms with Gasteiger partial charge in [0.1, 0.15) is 250 Å².